The Labute approximate surface area is 153 Å². The van der Waals surface area contributed by atoms with Gasteiger partial charge in [0.1, 0.15) is 11.6 Å². The van der Waals surface area contributed by atoms with Gasteiger partial charge < -0.3 is 19.9 Å². The van der Waals surface area contributed by atoms with Gasteiger partial charge in [0, 0.05) is 33.6 Å². The highest BCUT2D eigenvalue weighted by atomic mass is 16.5. The number of nitrogens with zero attached hydrogens (tertiary/aromatic N) is 3. The van der Waals surface area contributed by atoms with Crippen molar-refractivity contribution in [1.29, 1.82) is 0 Å². The number of hydrogen-bond donors (Lipinski definition) is 2. The van der Waals surface area contributed by atoms with E-state index in [2.05, 4.69) is 37.3 Å². The predicted molar refractivity (Wildman–Crippen MR) is 106 cm³/mol. The number of methoxy groups -OCH3 is 1. The number of aromatic amines is 1. The summed E-state index contributed by atoms with van der Waals surface area (Å²) in [5, 5.41) is 3.40. The first-order valence-corrected chi connectivity index (χ1v) is 8.68. The number of rotatable bonds is 6. The summed E-state index contributed by atoms with van der Waals surface area (Å²) >= 11 is 0. The maximum absolute atomic E-state index is 5.20. The lowest BCUT2D eigenvalue weighted by Crippen LogP contribution is -2.39. The molecule has 3 rings (SSSR count). The third-order valence-corrected chi connectivity index (χ3v) is 4.24. The second-order valence-electron chi connectivity index (χ2n) is 6.13. The molecule has 0 atom stereocenters. The number of ether oxygens (including phenoxy) is 1. The Hall–Kier alpha value is -3.02. The van der Waals surface area contributed by atoms with E-state index in [1.807, 2.05) is 43.4 Å². The second-order valence-corrected chi connectivity index (χ2v) is 6.13. The van der Waals surface area contributed by atoms with Crippen LogP contribution in [0.2, 0.25) is 0 Å². The SMILES string of the molecule is CN=C(NCCc1nc2ccccc2[nH]1)N(C)Cc1ccc(OC)cc1. The molecule has 0 aliphatic heterocycles. The minimum absolute atomic E-state index is 0.763. The molecule has 26 heavy (non-hydrogen) atoms. The fourth-order valence-corrected chi connectivity index (χ4v) is 2.88. The van der Waals surface area contributed by atoms with Crippen molar-refractivity contribution in [3.63, 3.8) is 0 Å². The van der Waals surface area contributed by atoms with E-state index in [4.69, 9.17) is 4.74 Å². The number of nitrogens with one attached hydrogen (secondary N) is 2. The number of para-hydroxylation sites is 2. The molecule has 2 N–H and O–H groups in total. The lowest BCUT2D eigenvalue weighted by molar-refractivity contribution is 0.414. The average molecular weight is 351 g/mol. The van der Waals surface area contributed by atoms with Crippen LogP contribution >= 0.6 is 0 Å². The summed E-state index contributed by atoms with van der Waals surface area (Å²) in [4.78, 5) is 14.4. The zero-order valence-corrected chi connectivity index (χ0v) is 15.5. The van der Waals surface area contributed by atoms with E-state index in [-0.39, 0.29) is 0 Å². The van der Waals surface area contributed by atoms with Crippen LogP contribution in [0.3, 0.4) is 0 Å². The Bertz CT molecular complexity index is 836. The van der Waals surface area contributed by atoms with Crippen LogP contribution in [0.4, 0.5) is 0 Å². The maximum Gasteiger partial charge on any atom is 0.193 e. The van der Waals surface area contributed by atoms with Gasteiger partial charge in [0.05, 0.1) is 18.1 Å². The van der Waals surface area contributed by atoms with Crippen LogP contribution in [0.1, 0.15) is 11.4 Å². The van der Waals surface area contributed by atoms with Crippen molar-refractivity contribution in [3.05, 3.63) is 59.9 Å². The summed E-state index contributed by atoms with van der Waals surface area (Å²) in [7, 11) is 5.50. The predicted octanol–water partition coefficient (Wildman–Crippen LogP) is 2.82. The van der Waals surface area contributed by atoms with Crippen molar-refractivity contribution in [3.8, 4) is 5.75 Å². The van der Waals surface area contributed by atoms with Gasteiger partial charge in [-0.15, -0.1) is 0 Å². The van der Waals surface area contributed by atoms with E-state index in [0.29, 0.717) is 0 Å². The van der Waals surface area contributed by atoms with E-state index in [1.54, 1.807) is 14.2 Å². The van der Waals surface area contributed by atoms with E-state index in [1.165, 1.54) is 5.56 Å². The van der Waals surface area contributed by atoms with Gasteiger partial charge in [-0.2, -0.15) is 0 Å². The van der Waals surface area contributed by atoms with Crippen molar-refractivity contribution in [2.45, 2.75) is 13.0 Å². The summed E-state index contributed by atoms with van der Waals surface area (Å²) < 4.78 is 5.20. The van der Waals surface area contributed by atoms with Crippen LogP contribution in [0.15, 0.2) is 53.5 Å². The van der Waals surface area contributed by atoms with Crippen LogP contribution < -0.4 is 10.1 Å². The van der Waals surface area contributed by atoms with Crippen molar-refractivity contribution in [2.75, 3.05) is 27.7 Å². The third-order valence-electron chi connectivity index (χ3n) is 4.24. The van der Waals surface area contributed by atoms with Gasteiger partial charge in [-0.1, -0.05) is 24.3 Å². The van der Waals surface area contributed by atoms with Crippen LogP contribution in [0.25, 0.3) is 11.0 Å². The Kier molecular flexibility index (Phi) is 5.73. The molecule has 0 saturated carbocycles. The monoisotopic (exact) mass is 351 g/mol. The number of H-pyrrole nitrogens is 1. The van der Waals surface area contributed by atoms with Gasteiger partial charge in [-0.25, -0.2) is 4.98 Å². The molecule has 6 heteroatoms. The van der Waals surface area contributed by atoms with Gasteiger partial charge in [-0.05, 0) is 29.8 Å². The number of fused-ring (bicyclic) bond motifs is 1. The first kappa shape index (κ1) is 17.8. The Balaban J connectivity index is 1.53. The normalized spacial score (nSPS) is 11.6. The molecule has 1 heterocycles. The smallest absolute Gasteiger partial charge is 0.193 e. The Morgan fingerprint density at radius 3 is 2.65 bits per heavy atom. The highest BCUT2D eigenvalue weighted by molar-refractivity contribution is 5.79. The van der Waals surface area contributed by atoms with Gasteiger partial charge >= 0.3 is 0 Å². The summed E-state index contributed by atoms with van der Waals surface area (Å²) in [6, 6.07) is 16.2. The van der Waals surface area contributed by atoms with Crippen molar-refractivity contribution < 1.29 is 4.74 Å². The number of guanidine groups is 1. The molecule has 0 bridgehead atoms. The van der Waals surface area contributed by atoms with Gasteiger partial charge in [0.2, 0.25) is 0 Å². The van der Waals surface area contributed by atoms with Gasteiger partial charge in [-0.3, -0.25) is 4.99 Å². The molecular weight excluding hydrogens is 326 g/mol. The molecule has 0 aliphatic rings. The summed E-state index contributed by atoms with van der Waals surface area (Å²) in [5.74, 6) is 2.70. The summed E-state index contributed by atoms with van der Waals surface area (Å²) in [5.41, 5.74) is 3.28. The zero-order valence-electron chi connectivity index (χ0n) is 15.5. The molecule has 0 fully saturated rings. The molecule has 3 aromatic rings. The van der Waals surface area contributed by atoms with Crippen LogP contribution in [-0.2, 0) is 13.0 Å². The Morgan fingerprint density at radius 2 is 1.96 bits per heavy atom. The fourth-order valence-electron chi connectivity index (χ4n) is 2.88. The number of imidazole rings is 1. The van der Waals surface area contributed by atoms with Gasteiger partial charge in [0.15, 0.2) is 5.96 Å². The van der Waals surface area contributed by atoms with Gasteiger partial charge in [0.25, 0.3) is 0 Å². The molecule has 0 amide bonds. The molecule has 0 unspecified atom stereocenters. The average Bonchev–Trinajstić information content (AvgIpc) is 3.08. The maximum atomic E-state index is 5.20. The first-order chi connectivity index (χ1) is 12.7. The molecule has 0 radical (unpaired) electrons. The molecule has 2 aromatic carbocycles. The quantitative estimate of drug-likeness (QED) is 0.529. The van der Waals surface area contributed by atoms with E-state index >= 15 is 0 Å². The van der Waals surface area contributed by atoms with Crippen LogP contribution in [0.5, 0.6) is 5.75 Å². The number of hydrogen-bond acceptors (Lipinski definition) is 3. The minimum Gasteiger partial charge on any atom is -0.497 e. The van der Waals surface area contributed by atoms with Crippen LogP contribution in [-0.4, -0.2) is 48.6 Å². The number of benzene rings is 2. The largest absolute Gasteiger partial charge is 0.497 e. The molecular formula is C20H25N5O. The second kappa shape index (κ2) is 8.38. The first-order valence-electron chi connectivity index (χ1n) is 8.68. The minimum atomic E-state index is 0.763. The zero-order chi connectivity index (χ0) is 18.4. The molecule has 0 spiro atoms. The lowest BCUT2D eigenvalue weighted by atomic mass is 10.2. The summed E-state index contributed by atoms with van der Waals surface area (Å²) in [6.45, 7) is 1.54. The van der Waals surface area contributed by atoms with Crippen molar-refractivity contribution in [2.24, 2.45) is 4.99 Å². The van der Waals surface area contributed by atoms with E-state index in [9.17, 15) is 0 Å². The molecule has 0 saturated heterocycles. The van der Waals surface area contributed by atoms with Crippen molar-refractivity contribution >= 4 is 17.0 Å². The lowest BCUT2D eigenvalue weighted by Gasteiger charge is -2.22. The van der Waals surface area contributed by atoms with E-state index in [0.717, 1.165) is 48.1 Å². The standard InChI is InChI=1S/C20H25N5O/c1-21-20(25(2)14-15-8-10-16(26-3)11-9-15)22-13-12-19-23-17-6-4-5-7-18(17)24-19/h4-11H,12-14H2,1-3H3,(H,21,22)(H,23,24). The molecule has 6 nitrogen and oxygen atoms in total. The highest BCUT2D eigenvalue weighted by Gasteiger charge is 2.08. The van der Waals surface area contributed by atoms with E-state index < -0.39 is 0 Å². The molecule has 1 aromatic heterocycles. The van der Waals surface area contributed by atoms with Crippen LogP contribution in [0, 0.1) is 0 Å². The summed E-state index contributed by atoms with van der Waals surface area (Å²) in [6.07, 6.45) is 0.810. The fraction of sp³-hybridized carbons (Fsp3) is 0.300. The third kappa shape index (κ3) is 4.33. The Morgan fingerprint density at radius 1 is 1.19 bits per heavy atom. The topological polar surface area (TPSA) is 65.5 Å². The molecule has 0 aliphatic carbocycles. The number of aliphatic imine (C=N–C) groups is 1. The number of aromatic nitrogens is 2. The van der Waals surface area contributed by atoms with Crippen molar-refractivity contribution in [1.82, 2.24) is 20.2 Å². The highest BCUT2D eigenvalue weighted by Crippen LogP contribution is 2.13. The molecule has 136 valence electrons.